The zero-order chi connectivity index (χ0) is 14.7. The fourth-order valence-corrected chi connectivity index (χ4v) is 1.80. The zero-order valence-corrected chi connectivity index (χ0v) is 12.0. The standard InChI is InChI=1S/C13H16ClN5O/c1-8(9(2)15)13(20)18-11-5-10(14)3-4-12(11)19-7-16-6-17-19/h3-9H,15H2,1-2H3,(H,18,20). The summed E-state index contributed by atoms with van der Waals surface area (Å²) in [6.07, 6.45) is 2.97. The molecule has 2 atom stereocenters. The number of nitrogens with one attached hydrogen (secondary N) is 1. The predicted molar refractivity (Wildman–Crippen MR) is 77.8 cm³/mol. The number of halogens is 1. The van der Waals surface area contributed by atoms with Gasteiger partial charge in [0.1, 0.15) is 12.7 Å². The van der Waals surface area contributed by atoms with Gasteiger partial charge in [-0.25, -0.2) is 9.67 Å². The van der Waals surface area contributed by atoms with Crippen LogP contribution in [0.15, 0.2) is 30.9 Å². The number of carbonyl (C=O) groups excluding carboxylic acids is 1. The van der Waals surface area contributed by atoms with Crippen molar-refractivity contribution in [3.63, 3.8) is 0 Å². The Morgan fingerprint density at radius 3 is 2.80 bits per heavy atom. The summed E-state index contributed by atoms with van der Waals surface area (Å²) < 4.78 is 1.56. The summed E-state index contributed by atoms with van der Waals surface area (Å²) in [7, 11) is 0. The lowest BCUT2D eigenvalue weighted by molar-refractivity contribution is -0.119. The quantitative estimate of drug-likeness (QED) is 0.900. The molecule has 0 saturated heterocycles. The van der Waals surface area contributed by atoms with Gasteiger partial charge in [0.05, 0.1) is 17.3 Å². The third kappa shape index (κ3) is 3.15. The molecule has 1 heterocycles. The molecule has 1 aromatic heterocycles. The van der Waals surface area contributed by atoms with Crippen LogP contribution in [0, 0.1) is 5.92 Å². The van der Waals surface area contributed by atoms with Crippen molar-refractivity contribution in [1.29, 1.82) is 0 Å². The Bertz CT molecular complexity index is 597. The van der Waals surface area contributed by atoms with E-state index in [1.165, 1.54) is 6.33 Å². The van der Waals surface area contributed by atoms with Crippen LogP contribution in [0.3, 0.4) is 0 Å². The summed E-state index contributed by atoms with van der Waals surface area (Å²) in [4.78, 5) is 16.0. The molecule has 6 nitrogen and oxygen atoms in total. The smallest absolute Gasteiger partial charge is 0.228 e. The van der Waals surface area contributed by atoms with Gasteiger partial charge in [-0.3, -0.25) is 4.79 Å². The number of rotatable bonds is 4. The minimum atomic E-state index is -0.308. The van der Waals surface area contributed by atoms with Gasteiger partial charge in [0, 0.05) is 11.1 Å². The first-order valence-electron chi connectivity index (χ1n) is 6.20. The van der Waals surface area contributed by atoms with Gasteiger partial charge in [-0.15, -0.1) is 0 Å². The lowest BCUT2D eigenvalue weighted by Gasteiger charge is -2.17. The molecule has 0 bridgehead atoms. The molecule has 3 N–H and O–H groups in total. The van der Waals surface area contributed by atoms with Gasteiger partial charge in [-0.05, 0) is 25.1 Å². The van der Waals surface area contributed by atoms with Gasteiger partial charge in [0.25, 0.3) is 0 Å². The second-order valence-electron chi connectivity index (χ2n) is 4.64. The highest BCUT2D eigenvalue weighted by molar-refractivity contribution is 6.31. The summed E-state index contributed by atoms with van der Waals surface area (Å²) in [6.45, 7) is 3.57. The molecular formula is C13H16ClN5O. The van der Waals surface area contributed by atoms with Crippen LogP contribution in [0.4, 0.5) is 5.69 Å². The maximum atomic E-state index is 12.1. The van der Waals surface area contributed by atoms with E-state index in [9.17, 15) is 4.79 Å². The predicted octanol–water partition coefficient (Wildman–Crippen LogP) is 1.84. The number of nitrogens with zero attached hydrogens (tertiary/aromatic N) is 3. The fourth-order valence-electron chi connectivity index (χ4n) is 1.63. The van der Waals surface area contributed by atoms with Crippen LogP contribution in [-0.2, 0) is 4.79 Å². The Labute approximate surface area is 121 Å². The van der Waals surface area contributed by atoms with Gasteiger partial charge in [-0.2, -0.15) is 5.10 Å². The van der Waals surface area contributed by atoms with Crippen molar-refractivity contribution < 1.29 is 4.79 Å². The molecule has 0 saturated carbocycles. The summed E-state index contributed by atoms with van der Waals surface area (Å²) in [5, 5.41) is 7.40. The van der Waals surface area contributed by atoms with Gasteiger partial charge in [0.15, 0.2) is 0 Å². The second-order valence-corrected chi connectivity index (χ2v) is 5.08. The maximum absolute atomic E-state index is 12.1. The van der Waals surface area contributed by atoms with Crippen molar-refractivity contribution in [2.24, 2.45) is 11.7 Å². The number of amides is 1. The van der Waals surface area contributed by atoms with E-state index in [0.717, 1.165) is 0 Å². The molecule has 7 heteroatoms. The van der Waals surface area contributed by atoms with Crippen molar-refractivity contribution in [3.05, 3.63) is 35.9 Å². The molecule has 0 radical (unpaired) electrons. The van der Waals surface area contributed by atoms with Crippen LogP contribution in [0.25, 0.3) is 5.69 Å². The number of hydrogen-bond acceptors (Lipinski definition) is 4. The lowest BCUT2D eigenvalue weighted by atomic mass is 10.0. The molecule has 0 aliphatic carbocycles. The van der Waals surface area contributed by atoms with Crippen molar-refractivity contribution in [2.75, 3.05) is 5.32 Å². The minimum Gasteiger partial charge on any atom is -0.327 e. The van der Waals surface area contributed by atoms with E-state index in [2.05, 4.69) is 15.4 Å². The van der Waals surface area contributed by atoms with Crippen LogP contribution in [0.1, 0.15) is 13.8 Å². The first-order chi connectivity index (χ1) is 9.49. The third-order valence-electron chi connectivity index (χ3n) is 3.08. The van der Waals surface area contributed by atoms with Crippen molar-refractivity contribution in [3.8, 4) is 5.69 Å². The first-order valence-corrected chi connectivity index (χ1v) is 6.58. The average Bonchev–Trinajstić information content (AvgIpc) is 2.91. The van der Waals surface area contributed by atoms with Gasteiger partial charge in [0.2, 0.25) is 5.91 Å². The van der Waals surface area contributed by atoms with E-state index in [1.54, 1.807) is 43.1 Å². The Morgan fingerprint density at radius 1 is 1.45 bits per heavy atom. The lowest BCUT2D eigenvalue weighted by Crippen LogP contribution is -2.34. The molecule has 0 fully saturated rings. The molecule has 20 heavy (non-hydrogen) atoms. The second kappa shape index (κ2) is 6.02. The number of anilines is 1. The molecular weight excluding hydrogens is 278 g/mol. The van der Waals surface area contributed by atoms with Crippen LogP contribution in [0.5, 0.6) is 0 Å². The van der Waals surface area contributed by atoms with E-state index in [4.69, 9.17) is 17.3 Å². The fraction of sp³-hybridized carbons (Fsp3) is 0.308. The number of aromatic nitrogens is 3. The van der Waals surface area contributed by atoms with E-state index in [0.29, 0.717) is 16.4 Å². The number of nitrogens with two attached hydrogens (primary N) is 1. The third-order valence-corrected chi connectivity index (χ3v) is 3.32. The maximum Gasteiger partial charge on any atom is 0.228 e. The normalized spacial score (nSPS) is 13.8. The first kappa shape index (κ1) is 14.5. The van der Waals surface area contributed by atoms with Crippen LogP contribution < -0.4 is 11.1 Å². The number of benzene rings is 1. The van der Waals surface area contributed by atoms with Crippen LogP contribution in [-0.4, -0.2) is 26.7 Å². The highest BCUT2D eigenvalue weighted by Gasteiger charge is 2.18. The number of hydrogen-bond donors (Lipinski definition) is 2. The van der Waals surface area contributed by atoms with Crippen molar-refractivity contribution >= 4 is 23.2 Å². The molecule has 0 spiro atoms. The molecule has 0 aliphatic rings. The summed E-state index contributed by atoms with van der Waals surface area (Å²) >= 11 is 5.98. The van der Waals surface area contributed by atoms with Gasteiger partial charge in [-0.1, -0.05) is 18.5 Å². The van der Waals surface area contributed by atoms with Crippen LogP contribution in [0.2, 0.25) is 5.02 Å². The zero-order valence-electron chi connectivity index (χ0n) is 11.2. The SMILES string of the molecule is CC(N)C(C)C(=O)Nc1cc(Cl)ccc1-n1cncn1. The Kier molecular flexibility index (Phi) is 4.36. The molecule has 2 aromatic rings. The molecule has 2 unspecified atom stereocenters. The van der Waals surface area contributed by atoms with E-state index >= 15 is 0 Å². The number of carbonyl (C=O) groups is 1. The highest BCUT2D eigenvalue weighted by atomic mass is 35.5. The Hall–Kier alpha value is -1.92. The summed E-state index contributed by atoms with van der Waals surface area (Å²) in [5.74, 6) is -0.471. The minimum absolute atomic E-state index is 0.163. The van der Waals surface area contributed by atoms with E-state index in [-0.39, 0.29) is 17.9 Å². The molecule has 1 aromatic carbocycles. The Balaban J connectivity index is 2.31. The van der Waals surface area contributed by atoms with E-state index in [1.807, 2.05) is 0 Å². The van der Waals surface area contributed by atoms with Crippen LogP contribution >= 0.6 is 11.6 Å². The largest absolute Gasteiger partial charge is 0.327 e. The van der Waals surface area contributed by atoms with Gasteiger partial charge >= 0.3 is 0 Å². The molecule has 106 valence electrons. The molecule has 0 aliphatic heterocycles. The summed E-state index contributed by atoms with van der Waals surface area (Å²) in [6, 6.07) is 4.93. The summed E-state index contributed by atoms with van der Waals surface area (Å²) in [5.41, 5.74) is 7.00. The molecule has 1 amide bonds. The van der Waals surface area contributed by atoms with Crippen molar-refractivity contribution in [1.82, 2.24) is 14.8 Å². The molecule has 2 rings (SSSR count). The highest BCUT2D eigenvalue weighted by Crippen LogP contribution is 2.24. The average molecular weight is 294 g/mol. The topological polar surface area (TPSA) is 85.8 Å². The van der Waals surface area contributed by atoms with Gasteiger partial charge < -0.3 is 11.1 Å². The van der Waals surface area contributed by atoms with Crippen molar-refractivity contribution in [2.45, 2.75) is 19.9 Å². The van der Waals surface area contributed by atoms with E-state index < -0.39 is 0 Å². The Morgan fingerprint density at radius 2 is 2.20 bits per heavy atom. The monoisotopic (exact) mass is 293 g/mol.